The summed E-state index contributed by atoms with van der Waals surface area (Å²) < 4.78 is 13.7. The summed E-state index contributed by atoms with van der Waals surface area (Å²) in [6.07, 6.45) is -0.406. The second kappa shape index (κ2) is 5.06. The molecule has 1 heterocycles. The van der Waals surface area contributed by atoms with E-state index in [0.29, 0.717) is 24.2 Å². The van der Waals surface area contributed by atoms with Gasteiger partial charge in [0, 0.05) is 24.2 Å². The largest absolute Gasteiger partial charge is 0.389 e. The third kappa shape index (κ3) is 2.30. The van der Waals surface area contributed by atoms with E-state index in [1.54, 1.807) is 47.4 Å². The molecule has 0 atom stereocenters. The van der Waals surface area contributed by atoms with Crippen molar-refractivity contribution >= 4 is 5.91 Å². The molecule has 0 spiro atoms. The first-order valence-electron chi connectivity index (χ1n) is 6.47. The molecule has 1 aliphatic heterocycles. The molecule has 1 N–H and O–H groups in total. The van der Waals surface area contributed by atoms with Crippen LogP contribution in [0.3, 0.4) is 0 Å². The van der Waals surface area contributed by atoms with E-state index < -0.39 is 6.10 Å². The first kappa shape index (κ1) is 12.8. The number of β-amino-alcohol motifs (C(OH)–C–C–N with tert-alkyl or cyclic N) is 1. The van der Waals surface area contributed by atoms with Gasteiger partial charge in [-0.25, -0.2) is 4.39 Å². The van der Waals surface area contributed by atoms with E-state index in [4.69, 9.17) is 0 Å². The quantitative estimate of drug-likeness (QED) is 0.910. The maximum Gasteiger partial charge on any atom is 0.254 e. The number of benzene rings is 2. The van der Waals surface area contributed by atoms with Crippen molar-refractivity contribution in [2.45, 2.75) is 6.10 Å². The number of rotatable bonds is 2. The van der Waals surface area contributed by atoms with Crippen molar-refractivity contribution in [1.82, 2.24) is 4.90 Å². The number of hydrogen-bond acceptors (Lipinski definition) is 2. The van der Waals surface area contributed by atoms with Crippen molar-refractivity contribution in [1.29, 1.82) is 0 Å². The molecule has 1 fully saturated rings. The first-order chi connectivity index (χ1) is 9.65. The van der Waals surface area contributed by atoms with Crippen LogP contribution in [-0.4, -0.2) is 35.1 Å². The van der Waals surface area contributed by atoms with Crippen LogP contribution in [0.4, 0.5) is 4.39 Å². The van der Waals surface area contributed by atoms with E-state index in [2.05, 4.69) is 0 Å². The summed E-state index contributed by atoms with van der Waals surface area (Å²) >= 11 is 0. The van der Waals surface area contributed by atoms with Gasteiger partial charge in [-0.05, 0) is 23.8 Å². The highest BCUT2D eigenvalue weighted by atomic mass is 19.1. The van der Waals surface area contributed by atoms with Crippen molar-refractivity contribution in [3.05, 3.63) is 59.9 Å². The molecule has 0 saturated carbocycles. The van der Waals surface area contributed by atoms with Crippen molar-refractivity contribution in [2.75, 3.05) is 13.1 Å². The van der Waals surface area contributed by atoms with Crippen molar-refractivity contribution in [3.63, 3.8) is 0 Å². The molecule has 3 rings (SSSR count). The van der Waals surface area contributed by atoms with E-state index in [-0.39, 0.29) is 11.7 Å². The highest BCUT2D eigenvalue weighted by molar-refractivity contribution is 5.95. The average molecular weight is 271 g/mol. The summed E-state index contributed by atoms with van der Waals surface area (Å²) in [5.41, 5.74) is 1.81. The van der Waals surface area contributed by atoms with Crippen LogP contribution in [0.2, 0.25) is 0 Å². The minimum Gasteiger partial charge on any atom is -0.389 e. The number of aliphatic hydroxyl groups excluding tert-OH is 1. The second-order valence-electron chi connectivity index (χ2n) is 4.92. The van der Waals surface area contributed by atoms with Gasteiger partial charge in [0.25, 0.3) is 5.91 Å². The van der Waals surface area contributed by atoms with Crippen molar-refractivity contribution < 1.29 is 14.3 Å². The van der Waals surface area contributed by atoms with Crippen molar-refractivity contribution in [3.8, 4) is 11.1 Å². The van der Waals surface area contributed by atoms with E-state index >= 15 is 0 Å². The molecular formula is C16H14FNO2. The number of hydrogen-bond donors (Lipinski definition) is 1. The summed E-state index contributed by atoms with van der Waals surface area (Å²) in [4.78, 5) is 13.6. The predicted octanol–water partition coefficient (Wildman–Crippen LogP) is 2.31. The summed E-state index contributed by atoms with van der Waals surface area (Å²) in [5, 5.41) is 9.20. The van der Waals surface area contributed by atoms with Gasteiger partial charge in [0.2, 0.25) is 0 Å². The molecule has 0 aliphatic carbocycles. The second-order valence-corrected chi connectivity index (χ2v) is 4.92. The lowest BCUT2D eigenvalue weighted by Crippen LogP contribution is -2.53. The molecule has 102 valence electrons. The standard InChI is InChI=1S/C16H14FNO2/c17-15-4-2-1-3-14(15)11-5-7-12(8-6-11)16(20)18-9-13(19)10-18/h1-8,13,19H,9-10H2. The average Bonchev–Trinajstić information content (AvgIpc) is 2.44. The van der Waals surface area contributed by atoms with Crippen LogP contribution < -0.4 is 0 Å². The number of likely N-dealkylation sites (tertiary alicyclic amines) is 1. The highest BCUT2D eigenvalue weighted by Crippen LogP contribution is 2.23. The Bertz CT molecular complexity index is 633. The Labute approximate surface area is 116 Å². The molecule has 2 aromatic rings. The van der Waals surface area contributed by atoms with Gasteiger partial charge in [0.15, 0.2) is 0 Å². The molecule has 0 bridgehead atoms. The fourth-order valence-corrected chi connectivity index (χ4v) is 2.29. The lowest BCUT2D eigenvalue weighted by atomic mass is 10.0. The van der Waals surface area contributed by atoms with Crippen LogP contribution in [-0.2, 0) is 0 Å². The van der Waals surface area contributed by atoms with Crippen LogP contribution in [0.5, 0.6) is 0 Å². The van der Waals surface area contributed by atoms with Crippen LogP contribution in [0.1, 0.15) is 10.4 Å². The summed E-state index contributed by atoms with van der Waals surface area (Å²) in [6, 6.07) is 13.4. The van der Waals surface area contributed by atoms with Gasteiger partial charge in [-0.1, -0.05) is 30.3 Å². The maximum atomic E-state index is 13.7. The van der Waals surface area contributed by atoms with Crippen LogP contribution >= 0.6 is 0 Å². The van der Waals surface area contributed by atoms with Crippen LogP contribution in [0, 0.1) is 5.82 Å². The smallest absolute Gasteiger partial charge is 0.254 e. The Balaban J connectivity index is 1.81. The molecule has 0 radical (unpaired) electrons. The zero-order valence-electron chi connectivity index (χ0n) is 10.8. The lowest BCUT2D eigenvalue weighted by molar-refractivity contribution is 0.00590. The molecule has 4 heteroatoms. The van der Waals surface area contributed by atoms with Gasteiger partial charge in [0.05, 0.1) is 6.10 Å². The number of nitrogens with zero attached hydrogens (tertiary/aromatic N) is 1. The van der Waals surface area contributed by atoms with Gasteiger partial charge >= 0.3 is 0 Å². The normalized spacial score (nSPS) is 15.0. The highest BCUT2D eigenvalue weighted by Gasteiger charge is 2.29. The van der Waals surface area contributed by atoms with E-state index in [1.165, 1.54) is 6.07 Å². The minimum absolute atomic E-state index is 0.101. The van der Waals surface area contributed by atoms with Crippen LogP contribution in [0.15, 0.2) is 48.5 Å². The molecule has 0 aromatic heterocycles. The number of amides is 1. The van der Waals surface area contributed by atoms with Gasteiger partial charge in [-0.3, -0.25) is 4.79 Å². The third-order valence-corrected chi connectivity index (χ3v) is 3.47. The fourth-order valence-electron chi connectivity index (χ4n) is 2.29. The summed E-state index contributed by atoms with van der Waals surface area (Å²) in [7, 11) is 0. The Morgan fingerprint density at radius 2 is 1.75 bits per heavy atom. The van der Waals surface area contributed by atoms with E-state index in [1.807, 2.05) is 0 Å². The molecule has 1 amide bonds. The molecule has 0 unspecified atom stereocenters. The molecule has 3 nitrogen and oxygen atoms in total. The molecular weight excluding hydrogens is 257 g/mol. The molecule has 1 aliphatic rings. The zero-order valence-corrected chi connectivity index (χ0v) is 10.8. The Hall–Kier alpha value is -2.20. The van der Waals surface area contributed by atoms with Gasteiger partial charge in [-0.15, -0.1) is 0 Å². The predicted molar refractivity (Wildman–Crippen MR) is 73.7 cm³/mol. The topological polar surface area (TPSA) is 40.5 Å². The summed E-state index contributed by atoms with van der Waals surface area (Å²) in [5.74, 6) is -0.382. The SMILES string of the molecule is O=C(c1ccc(-c2ccccc2F)cc1)N1CC(O)C1. The Kier molecular flexibility index (Phi) is 3.24. The van der Waals surface area contributed by atoms with Gasteiger partial charge < -0.3 is 10.0 Å². The van der Waals surface area contributed by atoms with E-state index in [0.717, 1.165) is 5.56 Å². The first-order valence-corrected chi connectivity index (χ1v) is 6.47. The lowest BCUT2D eigenvalue weighted by Gasteiger charge is -2.35. The number of carbonyl (C=O) groups excluding carboxylic acids is 1. The number of carbonyl (C=O) groups is 1. The number of halogens is 1. The van der Waals surface area contributed by atoms with E-state index in [9.17, 15) is 14.3 Å². The molecule has 1 saturated heterocycles. The Morgan fingerprint density at radius 1 is 1.10 bits per heavy atom. The van der Waals surface area contributed by atoms with Crippen molar-refractivity contribution in [2.24, 2.45) is 0 Å². The summed E-state index contributed by atoms with van der Waals surface area (Å²) in [6.45, 7) is 0.766. The van der Waals surface area contributed by atoms with Crippen LogP contribution in [0.25, 0.3) is 11.1 Å². The fraction of sp³-hybridized carbons (Fsp3) is 0.188. The maximum absolute atomic E-state index is 13.7. The minimum atomic E-state index is -0.406. The van der Waals surface area contributed by atoms with Gasteiger partial charge in [-0.2, -0.15) is 0 Å². The Morgan fingerprint density at radius 3 is 2.35 bits per heavy atom. The van der Waals surface area contributed by atoms with Gasteiger partial charge in [0.1, 0.15) is 5.82 Å². The zero-order chi connectivity index (χ0) is 14.1. The third-order valence-electron chi connectivity index (χ3n) is 3.47. The molecule has 2 aromatic carbocycles. The monoisotopic (exact) mass is 271 g/mol. The molecule has 20 heavy (non-hydrogen) atoms. The number of aliphatic hydroxyl groups is 1.